The molecule has 6 heteroatoms. The molecule has 0 aliphatic carbocycles. The van der Waals surface area contributed by atoms with E-state index in [1.54, 1.807) is 18.2 Å². The van der Waals surface area contributed by atoms with Crippen LogP contribution in [0, 0.1) is 0 Å². The highest BCUT2D eigenvalue weighted by Crippen LogP contribution is 2.43. The van der Waals surface area contributed by atoms with Crippen LogP contribution in [0.25, 0.3) is 22.3 Å². The molecule has 0 unspecified atom stereocenters. The Labute approximate surface area is 184 Å². The fourth-order valence-corrected chi connectivity index (χ4v) is 3.83. The van der Waals surface area contributed by atoms with Crippen molar-refractivity contribution in [2.45, 2.75) is 5.92 Å². The van der Waals surface area contributed by atoms with Gasteiger partial charge in [-0.3, -0.25) is 4.79 Å². The highest BCUT2D eigenvalue weighted by Gasteiger charge is 2.25. The molecule has 1 atom stereocenters. The summed E-state index contributed by atoms with van der Waals surface area (Å²) in [5, 5.41) is 20.6. The molecule has 3 aromatic carbocycles. The van der Waals surface area contributed by atoms with E-state index >= 15 is 0 Å². The van der Waals surface area contributed by atoms with Crippen LogP contribution in [-0.2, 0) is 0 Å². The second-order valence-corrected chi connectivity index (χ2v) is 7.20. The minimum atomic E-state index is -0.489. The van der Waals surface area contributed by atoms with Gasteiger partial charge in [0.05, 0.1) is 14.2 Å². The molecule has 0 fully saturated rings. The third kappa shape index (κ3) is 3.56. The number of allylic oxidation sites excluding steroid dienone is 1. The lowest BCUT2D eigenvalue weighted by Gasteiger charge is -2.20. The van der Waals surface area contributed by atoms with E-state index in [1.165, 1.54) is 32.4 Å². The quantitative estimate of drug-likeness (QED) is 0.409. The van der Waals surface area contributed by atoms with Gasteiger partial charge in [-0.25, -0.2) is 0 Å². The Balaban J connectivity index is 2.06. The number of ether oxygens (including phenoxy) is 2. The molecule has 0 spiro atoms. The Kier molecular flexibility index (Phi) is 5.60. The van der Waals surface area contributed by atoms with Crippen molar-refractivity contribution >= 4 is 11.0 Å². The van der Waals surface area contributed by atoms with Crippen molar-refractivity contribution < 1.29 is 24.1 Å². The summed E-state index contributed by atoms with van der Waals surface area (Å²) < 4.78 is 17.0. The van der Waals surface area contributed by atoms with Crippen LogP contribution in [0.5, 0.6) is 23.0 Å². The Morgan fingerprint density at radius 1 is 0.938 bits per heavy atom. The number of benzene rings is 3. The van der Waals surface area contributed by atoms with Gasteiger partial charge >= 0.3 is 0 Å². The van der Waals surface area contributed by atoms with Gasteiger partial charge in [0.2, 0.25) is 0 Å². The molecular weight excluding hydrogens is 408 g/mol. The molecule has 0 saturated carbocycles. The topological polar surface area (TPSA) is 89.1 Å². The van der Waals surface area contributed by atoms with Crippen molar-refractivity contribution in [3.8, 4) is 34.3 Å². The maximum Gasteiger partial charge on any atom is 0.197 e. The molecule has 1 heterocycles. The highest BCUT2D eigenvalue weighted by molar-refractivity contribution is 5.90. The molecule has 0 saturated heterocycles. The van der Waals surface area contributed by atoms with Gasteiger partial charge in [0, 0.05) is 29.2 Å². The molecule has 0 aliphatic rings. The fraction of sp³-hybridized carbons (Fsp3) is 0.115. The summed E-state index contributed by atoms with van der Waals surface area (Å²) in [6.45, 7) is 3.96. The number of rotatable bonds is 6. The molecular formula is C26H22O6. The number of aromatic hydroxyl groups is 2. The standard InChI is InChI=1S/C26H22O6/c1-4-17(16-10-11-18(27)22(12-16)30-2)24-23(31-3)14-20(29)25-19(28)13-21(32-26(24)25)15-8-6-5-7-9-15/h4-14,17,27,29H,1H2,2-3H3/t17-/m0/s1. The summed E-state index contributed by atoms with van der Waals surface area (Å²) in [6.07, 6.45) is 1.68. The zero-order chi connectivity index (χ0) is 22.8. The lowest BCUT2D eigenvalue weighted by molar-refractivity contribution is 0.373. The zero-order valence-electron chi connectivity index (χ0n) is 17.7. The molecule has 0 amide bonds. The predicted molar refractivity (Wildman–Crippen MR) is 123 cm³/mol. The average Bonchev–Trinajstić information content (AvgIpc) is 2.81. The van der Waals surface area contributed by atoms with Crippen LogP contribution in [0.1, 0.15) is 17.0 Å². The summed E-state index contributed by atoms with van der Waals surface area (Å²) in [6, 6.07) is 16.9. The second kappa shape index (κ2) is 8.51. The fourth-order valence-electron chi connectivity index (χ4n) is 3.83. The van der Waals surface area contributed by atoms with Crippen molar-refractivity contribution in [3.63, 3.8) is 0 Å². The van der Waals surface area contributed by atoms with Gasteiger partial charge in [-0.15, -0.1) is 6.58 Å². The van der Waals surface area contributed by atoms with Crippen LogP contribution in [0.4, 0.5) is 0 Å². The summed E-state index contributed by atoms with van der Waals surface area (Å²) in [7, 11) is 2.93. The van der Waals surface area contributed by atoms with Crippen molar-refractivity contribution in [2.75, 3.05) is 14.2 Å². The molecule has 2 N–H and O–H groups in total. The van der Waals surface area contributed by atoms with E-state index < -0.39 is 5.92 Å². The first kappa shape index (κ1) is 21.1. The Morgan fingerprint density at radius 3 is 2.31 bits per heavy atom. The lowest BCUT2D eigenvalue weighted by atomic mass is 9.88. The smallest absolute Gasteiger partial charge is 0.197 e. The van der Waals surface area contributed by atoms with Gasteiger partial charge in [-0.2, -0.15) is 0 Å². The molecule has 6 nitrogen and oxygen atoms in total. The third-order valence-electron chi connectivity index (χ3n) is 5.37. The second-order valence-electron chi connectivity index (χ2n) is 7.20. The van der Waals surface area contributed by atoms with E-state index in [0.717, 1.165) is 11.1 Å². The SMILES string of the molecule is C=C[C@@H](c1ccc(O)c(OC)c1)c1c(OC)cc(O)c2c(=O)cc(-c3ccccc3)oc12. The van der Waals surface area contributed by atoms with Gasteiger partial charge in [0.1, 0.15) is 28.2 Å². The summed E-state index contributed by atoms with van der Waals surface area (Å²) in [4.78, 5) is 13.0. The molecule has 162 valence electrons. The van der Waals surface area contributed by atoms with E-state index in [-0.39, 0.29) is 27.9 Å². The predicted octanol–water partition coefficient (Wildman–Crippen LogP) is 5.21. The molecule has 4 rings (SSSR count). The number of phenols is 2. The number of hydrogen-bond acceptors (Lipinski definition) is 6. The number of hydrogen-bond donors (Lipinski definition) is 2. The van der Waals surface area contributed by atoms with Gasteiger partial charge in [0.15, 0.2) is 16.9 Å². The highest BCUT2D eigenvalue weighted by atomic mass is 16.5. The Morgan fingerprint density at radius 2 is 1.66 bits per heavy atom. The van der Waals surface area contributed by atoms with E-state index in [0.29, 0.717) is 22.8 Å². The van der Waals surface area contributed by atoms with Crippen LogP contribution in [0.3, 0.4) is 0 Å². The van der Waals surface area contributed by atoms with E-state index in [2.05, 4.69) is 6.58 Å². The van der Waals surface area contributed by atoms with Crippen molar-refractivity contribution in [1.29, 1.82) is 0 Å². The molecule has 32 heavy (non-hydrogen) atoms. The number of fused-ring (bicyclic) bond motifs is 1. The monoisotopic (exact) mass is 430 g/mol. The Hall–Kier alpha value is -4.19. The largest absolute Gasteiger partial charge is 0.507 e. The molecule has 0 bridgehead atoms. The number of methoxy groups -OCH3 is 2. The van der Waals surface area contributed by atoms with E-state index in [4.69, 9.17) is 13.9 Å². The van der Waals surface area contributed by atoms with Crippen LogP contribution < -0.4 is 14.9 Å². The van der Waals surface area contributed by atoms with Crippen LogP contribution in [-0.4, -0.2) is 24.4 Å². The summed E-state index contributed by atoms with van der Waals surface area (Å²) in [5.74, 6) is 0.266. The first-order valence-corrected chi connectivity index (χ1v) is 9.91. The minimum absolute atomic E-state index is 0.000475. The first-order valence-electron chi connectivity index (χ1n) is 9.91. The lowest BCUT2D eigenvalue weighted by Crippen LogP contribution is -2.07. The van der Waals surface area contributed by atoms with Gasteiger partial charge < -0.3 is 24.1 Å². The molecule has 1 aromatic heterocycles. The number of phenolic OH excluding ortho intramolecular Hbond substituents is 2. The molecule has 0 aliphatic heterocycles. The zero-order valence-corrected chi connectivity index (χ0v) is 17.7. The normalized spacial score (nSPS) is 11.8. The van der Waals surface area contributed by atoms with Gasteiger partial charge in [-0.05, 0) is 17.7 Å². The van der Waals surface area contributed by atoms with Crippen molar-refractivity contribution in [1.82, 2.24) is 0 Å². The van der Waals surface area contributed by atoms with E-state index in [9.17, 15) is 15.0 Å². The maximum atomic E-state index is 13.0. The van der Waals surface area contributed by atoms with Gasteiger partial charge in [-0.1, -0.05) is 42.5 Å². The van der Waals surface area contributed by atoms with Crippen LogP contribution >= 0.6 is 0 Å². The van der Waals surface area contributed by atoms with Crippen LogP contribution in [0.15, 0.2) is 82.5 Å². The maximum absolute atomic E-state index is 13.0. The average molecular weight is 430 g/mol. The summed E-state index contributed by atoms with van der Waals surface area (Å²) in [5.41, 5.74) is 1.80. The van der Waals surface area contributed by atoms with Crippen molar-refractivity contribution in [3.05, 3.63) is 94.7 Å². The first-order chi connectivity index (χ1) is 15.5. The molecule has 4 aromatic rings. The third-order valence-corrected chi connectivity index (χ3v) is 5.37. The van der Waals surface area contributed by atoms with Crippen LogP contribution in [0.2, 0.25) is 0 Å². The van der Waals surface area contributed by atoms with E-state index in [1.807, 2.05) is 30.3 Å². The van der Waals surface area contributed by atoms with Crippen molar-refractivity contribution in [2.24, 2.45) is 0 Å². The molecule has 0 radical (unpaired) electrons. The van der Waals surface area contributed by atoms with Gasteiger partial charge in [0.25, 0.3) is 0 Å². The summed E-state index contributed by atoms with van der Waals surface area (Å²) >= 11 is 0. The Bertz CT molecular complexity index is 1350. The minimum Gasteiger partial charge on any atom is -0.507 e.